The summed E-state index contributed by atoms with van der Waals surface area (Å²) in [5, 5.41) is 9.62. The van der Waals surface area contributed by atoms with E-state index in [9.17, 15) is 0 Å². The molecule has 0 saturated carbocycles. The molecule has 240 valence electrons. The van der Waals surface area contributed by atoms with Crippen LogP contribution in [0.5, 0.6) is 0 Å². The van der Waals surface area contributed by atoms with Crippen molar-refractivity contribution in [2.75, 3.05) is 0 Å². The molecule has 0 radical (unpaired) electrons. The Balaban J connectivity index is 1.19. The van der Waals surface area contributed by atoms with E-state index >= 15 is 0 Å². The molecule has 4 aromatic heterocycles. The van der Waals surface area contributed by atoms with E-state index in [1.54, 1.807) is 0 Å². The van der Waals surface area contributed by atoms with Crippen molar-refractivity contribution in [3.8, 4) is 44.8 Å². The second kappa shape index (κ2) is 12.0. The molecule has 4 heterocycles. The predicted molar refractivity (Wildman–Crippen MR) is 211 cm³/mol. The number of allylic oxidation sites excluding steroid dienone is 4. The van der Waals surface area contributed by atoms with Gasteiger partial charge in [0.1, 0.15) is 0 Å². The van der Waals surface area contributed by atoms with Crippen molar-refractivity contribution in [2.24, 2.45) is 0 Å². The highest BCUT2D eigenvalue weighted by Crippen LogP contribution is 2.42. The molecule has 0 amide bonds. The third-order valence-corrected chi connectivity index (χ3v) is 10.1. The number of pyridine rings is 3. The van der Waals surface area contributed by atoms with Crippen molar-refractivity contribution >= 4 is 43.7 Å². The van der Waals surface area contributed by atoms with Gasteiger partial charge in [-0.1, -0.05) is 146 Å². The summed E-state index contributed by atoms with van der Waals surface area (Å²) in [5.41, 5.74) is 13.8. The lowest BCUT2D eigenvalue weighted by Gasteiger charge is -2.19. The first-order valence-corrected chi connectivity index (χ1v) is 17.5. The minimum absolute atomic E-state index is 0.906. The van der Waals surface area contributed by atoms with E-state index in [1.807, 2.05) is 12.3 Å². The molecule has 1 aliphatic rings. The van der Waals surface area contributed by atoms with E-state index < -0.39 is 0 Å². The summed E-state index contributed by atoms with van der Waals surface area (Å²) in [5.74, 6) is 0. The summed E-state index contributed by atoms with van der Waals surface area (Å²) < 4.78 is 2.17. The normalized spacial score (nSPS) is 13.0. The van der Waals surface area contributed by atoms with Gasteiger partial charge >= 0.3 is 0 Å². The molecule has 0 saturated heterocycles. The summed E-state index contributed by atoms with van der Waals surface area (Å²) in [6.45, 7) is 0. The van der Waals surface area contributed by atoms with Gasteiger partial charge in [-0.15, -0.1) is 0 Å². The zero-order valence-corrected chi connectivity index (χ0v) is 27.9. The van der Waals surface area contributed by atoms with Gasteiger partial charge in [0.2, 0.25) is 0 Å². The topological polar surface area (TPSA) is 43.1 Å². The number of nitrogens with zero attached hydrogens (tertiary/aromatic N) is 4. The molecular formula is C47H32N4. The van der Waals surface area contributed by atoms with Crippen LogP contribution in [0.3, 0.4) is 0 Å². The van der Waals surface area contributed by atoms with Crippen LogP contribution in [0.25, 0.3) is 88.4 Å². The fourth-order valence-corrected chi connectivity index (χ4v) is 7.63. The van der Waals surface area contributed by atoms with Crippen LogP contribution < -0.4 is 0 Å². The predicted octanol–water partition coefficient (Wildman–Crippen LogP) is 12.0. The Bertz CT molecular complexity index is 2850. The first kappa shape index (κ1) is 29.3. The quantitative estimate of drug-likeness (QED) is 0.174. The van der Waals surface area contributed by atoms with Gasteiger partial charge in [0.25, 0.3) is 0 Å². The molecule has 0 spiro atoms. The van der Waals surface area contributed by atoms with Crippen LogP contribution in [0, 0.1) is 0 Å². The molecule has 0 aliphatic heterocycles. The van der Waals surface area contributed by atoms with Gasteiger partial charge in [-0.05, 0) is 53.1 Å². The van der Waals surface area contributed by atoms with E-state index in [0.29, 0.717) is 0 Å². The van der Waals surface area contributed by atoms with Crippen LogP contribution in [0.4, 0.5) is 0 Å². The molecule has 9 aromatic rings. The summed E-state index contributed by atoms with van der Waals surface area (Å²) in [4.78, 5) is 10.4. The number of rotatable bonds is 5. The molecule has 4 nitrogen and oxygen atoms in total. The highest BCUT2D eigenvalue weighted by atomic mass is 15.2. The second-order valence-electron chi connectivity index (χ2n) is 13.1. The van der Waals surface area contributed by atoms with Crippen LogP contribution >= 0.6 is 0 Å². The van der Waals surface area contributed by atoms with Crippen LogP contribution in [0.15, 0.2) is 170 Å². The molecule has 0 fully saturated rings. The Kier molecular flexibility index (Phi) is 6.91. The van der Waals surface area contributed by atoms with Gasteiger partial charge in [-0.2, -0.15) is 5.10 Å². The monoisotopic (exact) mass is 652 g/mol. The van der Waals surface area contributed by atoms with E-state index in [1.165, 1.54) is 21.9 Å². The smallest absolute Gasteiger partial charge is 0.0972 e. The number of aromatic nitrogens is 4. The van der Waals surface area contributed by atoms with Crippen molar-refractivity contribution in [1.82, 2.24) is 19.6 Å². The van der Waals surface area contributed by atoms with E-state index in [-0.39, 0.29) is 0 Å². The summed E-state index contributed by atoms with van der Waals surface area (Å²) in [6.07, 6.45) is 11.0. The van der Waals surface area contributed by atoms with Gasteiger partial charge in [0.05, 0.1) is 39.8 Å². The van der Waals surface area contributed by atoms with Crippen molar-refractivity contribution < 1.29 is 0 Å². The minimum atomic E-state index is 0.906. The van der Waals surface area contributed by atoms with Gasteiger partial charge in [0.15, 0.2) is 0 Å². The lowest BCUT2D eigenvalue weighted by molar-refractivity contribution is 0.944. The second-order valence-corrected chi connectivity index (χ2v) is 13.1. The van der Waals surface area contributed by atoms with Crippen molar-refractivity contribution in [3.05, 3.63) is 176 Å². The zero-order chi connectivity index (χ0) is 33.7. The van der Waals surface area contributed by atoms with Crippen LogP contribution in [-0.2, 0) is 0 Å². The minimum Gasteiger partial charge on any atom is -0.245 e. The van der Waals surface area contributed by atoms with E-state index in [4.69, 9.17) is 15.1 Å². The third kappa shape index (κ3) is 4.95. The fourth-order valence-electron chi connectivity index (χ4n) is 7.63. The Labute approximate surface area is 295 Å². The first-order chi connectivity index (χ1) is 25.3. The number of hydrogen-bond donors (Lipinski definition) is 0. The Morgan fingerprint density at radius 1 is 0.510 bits per heavy atom. The molecule has 0 atom stereocenters. The first-order valence-electron chi connectivity index (χ1n) is 17.5. The third-order valence-electron chi connectivity index (χ3n) is 10.1. The average molecular weight is 653 g/mol. The number of benzene rings is 5. The molecule has 5 aromatic carbocycles. The van der Waals surface area contributed by atoms with Crippen molar-refractivity contribution in [3.63, 3.8) is 0 Å². The molecule has 0 N–H and O–H groups in total. The Morgan fingerprint density at radius 3 is 1.82 bits per heavy atom. The Morgan fingerprint density at radius 2 is 1.12 bits per heavy atom. The standard InChI is InChI=1S/C47H32N4/c1-4-13-31(14-5-1)40-30-48-51-46(35-17-8-3-9-18-35)43(38-21-10-11-22-39(38)47(40)51)37-20-12-19-36(29-37)42-28-26-34-24-23-33-25-27-41(32-15-6-2-7-16-32)49-44(33)45(34)50-42/h1-2,4-8,10-30H,3,9H2. The molecule has 51 heavy (non-hydrogen) atoms. The molecule has 1 aliphatic carbocycles. The van der Waals surface area contributed by atoms with Crippen LogP contribution in [-0.4, -0.2) is 19.6 Å². The summed E-state index contributed by atoms with van der Waals surface area (Å²) >= 11 is 0. The Hall–Kier alpha value is -6.65. The van der Waals surface area contributed by atoms with Gasteiger partial charge in [0, 0.05) is 38.4 Å². The largest absolute Gasteiger partial charge is 0.245 e. The maximum Gasteiger partial charge on any atom is 0.0972 e. The zero-order valence-electron chi connectivity index (χ0n) is 27.9. The summed E-state index contributed by atoms with van der Waals surface area (Å²) in [7, 11) is 0. The molecule has 10 rings (SSSR count). The van der Waals surface area contributed by atoms with Gasteiger partial charge in [-0.3, -0.25) is 0 Å². The SMILES string of the molecule is C1=CC(c2c(-c3cccc(-c4ccc5ccc6ccc(-c7ccccc7)nc6c5n4)c3)c3ccccc3c3c(-c4ccccc4)cnn23)=CCC1. The van der Waals surface area contributed by atoms with E-state index in [2.05, 4.69) is 162 Å². The van der Waals surface area contributed by atoms with Crippen molar-refractivity contribution in [1.29, 1.82) is 0 Å². The maximum atomic E-state index is 5.30. The molecule has 0 unspecified atom stereocenters. The average Bonchev–Trinajstić information content (AvgIpc) is 3.66. The lowest BCUT2D eigenvalue weighted by atomic mass is 9.89. The number of hydrogen-bond acceptors (Lipinski definition) is 3. The van der Waals surface area contributed by atoms with Crippen molar-refractivity contribution in [2.45, 2.75) is 12.8 Å². The molecule has 0 bridgehead atoms. The van der Waals surface area contributed by atoms with Crippen LogP contribution in [0.1, 0.15) is 18.5 Å². The highest BCUT2D eigenvalue weighted by molar-refractivity contribution is 6.12. The maximum absolute atomic E-state index is 5.30. The highest BCUT2D eigenvalue weighted by Gasteiger charge is 2.22. The van der Waals surface area contributed by atoms with Crippen LogP contribution in [0.2, 0.25) is 0 Å². The fraction of sp³-hybridized carbons (Fsp3) is 0.0426. The summed E-state index contributed by atoms with van der Waals surface area (Å²) in [6, 6.07) is 51.3. The molecule has 4 heteroatoms. The lowest BCUT2D eigenvalue weighted by Crippen LogP contribution is -2.04. The van der Waals surface area contributed by atoms with E-state index in [0.717, 1.165) is 85.1 Å². The number of fused-ring (bicyclic) bond motifs is 6. The van der Waals surface area contributed by atoms with Gasteiger partial charge in [-0.25, -0.2) is 14.5 Å². The van der Waals surface area contributed by atoms with Gasteiger partial charge < -0.3 is 0 Å². The molecular weight excluding hydrogens is 621 g/mol.